The molecular weight excluding hydrogens is 1230 g/mol. The van der Waals surface area contributed by atoms with Crippen molar-refractivity contribution < 1.29 is 80.2 Å². The van der Waals surface area contributed by atoms with Crippen molar-refractivity contribution in [3.05, 3.63) is 0 Å². The van der Waals surface area contributed by atoms with Gasteiger partial charge in [-0.15, -0.1) is 0 Å². The van der Waals surface area contributed by atoms with Gasteiger partial charge in [-0.3, -0.25) is 37.3 Å². The molecule has 558 valence electrons. The lowest BCUT2D eigenvalue weighted by Crippen LogP contribution is -2.30. The van der Waals surface area contributed by atoms with Gasteiger partial charge in [-0.25, -0.2) is 9.13 Å². The molecule has 0 aliphatic carbocycles. The third kappa shape index (κ3) is 68.6. The Kier molecular flexibility index (Phi) is 65.5. The average molecular weight is 1380 g/mol. The van der Waals surface area contributed by atoms with Crippen LogP contribution in [0.2, 0.25) is 0 Å². The van der Waals surface area contributed by atoms with Gasteiger partial charge in [-0.2, -0.15) is 0 Å². The molecule has 0 aromatic rings. The van der Waals surface area contributed by atoms with Gasteiger partial charge in [-0.1, -0.05) is 337 Å². The molecule has 5 atom stereocenters. The molecule has 0 aromatic carbocycles. The molecule has 0 amide bonds. The number of hydrogen-bond donors (Lipinski definition) is 3. The zero-order valence-electron chi connectivity index (χ0n) is 61.3. The van der Waals surface area contributed by atoms with Crippen molar-refractivity contribution in [1.29, 1.82) is 0 Å². The monoisotopic (exact) mass is 1380 g/mol. The summed E-state index contributed by atoms with van der Waals surface area (Å²) >= 11 is 0. The first-order chi connectivity index (χ1) is 45.4. The number of carbonyl (C=O) groups excluding carboxylic acids is 4. The Morgan fingerprint density at radius 2 is 0.489 bits per heavy atom. The zero-order chi connectivity index (χ0) is 69.3. The second kappa shape index (κ2) is 66.9. The molecule has 0 aliphatic rings. The SMILES string of the molecule is CCCCCCCCCCCCCCCCCCC(=O)O[C@H](COC(=O)CCCCCCCCCCCCCCCCC)COP(=O)(O)OC[C@@H](O)COP(=O)(O)OC[C@@H](COC(=O)CCCCCCCCC(C)C)OC(=O)CCCCCCCCCCCCCC(C)C. The van der Waals surface area contributed by atoms with Gasteiger partial charge < -0.3 is 33.8 Å². The second-order valence-electron chi connectivity index (χ2n) is 28.0. The summed E-state index contributed by atoms with van der Waals surface area (Å²) in [6.45, 7) is 9.51. The molecule has 0 heterocycles. The Bertz CT molecular complexity index is 1820. The van der Waals surface area contributed by atoms with E-state index < -0.39 is 97.5 Å². The van der Waals surface area contributed by atoms with E-state index in [4.69, 9.17) is 37.0 Å². The second-order valence-corrected chi connectivity index (χ2v) is 30.9. The van der Waals surface area contributed by atoms with Gasteiger partial charge in [0.25, 0.3) is 0 Å². The summed E-state index contributed by atoms with van der Waals surface area (Å²) in [5, 5.41) is 10.6. The molecule has 0 aromatic heterocycles. The molecule has 0 saturated heterocycles. The minimum Gasteiger partial charge on any atom is -0.462 e. The maximum atomic E-state index is 13.1. The van der Waals surface area contributed by atoms with E-state index in [1.807, 2.05) is 0 Å². The van der Waals surface area contributed by atoms with Crippen molar-refractivity contribution in [2.75, 3.05) is 39.6 Å². The van der Waals surface area contributed by atoms with E-state index in [1.54, 1.807) is 0 Å². The predicted octanol–water partition coefficient (Wildman–Crippen LogP) is 21.9. The van der Waals surface area contributed by atoms with Crippen molar-refractivity contribution in [1.82, 2.24) is 0 Å². The van der Waals surface area contributed by atoms with Crippen LogP contribution in [0.1, 0.15) is 388 Å². The lowest BCUT2D eigenvalue weighted by atomic mass is 10.0. The van der Waals surface area contributed by atoms with Gasteiger partial charge in [0.2, 0.25) is 0 Å². The minimum atomic E-state index is -4.96. The molecule has 0 fully saturated rings. The highest BCUT2D eigenvalue weighted by Crippen LogP contribution is 2.45. The summed E-state index contributed by atoms with van der Waals surface area (Å²) in [6, 6.07) is 0. The summed E-state index contributed by atoms with van der Waals surface area (Å²) < 4.78 is 68.5. The van der Waals surface area contributed by atoms with Crippen LogP contribution >= 0.6 is 15.6 Å². The lowest BCUT2D eigenvalue weighted by Gasteiger charge is -2.21. The van der Waals surface area contributed by atoms with Crippen LogP contribution in [0.15, 0.2) is 0 Å². The molecule has 0 bridgehead atoms. The highest BCUT2D eigenvalue weighted by molar-refractivity contribution is 7.47. The Labute approximate surface area is 575 Å². The Hall–Kier alpha value is -1.94. The van der Waals surface area contributed by atoms with Gasteiger partial charge in [-0.05, 0) is 37.5 Å². The van der Waals surface area contributed by atoms with Crippen molar-refractivity contribution in [3.8, 4) is 0 Å². The third-order valence-electron chi connectivity index (χ3n) is 17.5. The van der Waals surface area contributed by atoms with Crippen LogP contribution in [-0.2, 0) is 65.4 Å². The molecule has 0 aliphatic heterocycles. The molecule has 2 unspecified atom stereocenters. The van der Waals surface area contributed by atoms with Crippen molar-refractivity contribution in [3.63, 3.8) is 0 Å². The number of carbonyl (C=O) groups is 4. The van der Waals surface area contributed by atoms with E-state index in [0.29, 0.717) is 31.6 Å². The van der Waals surface area contributed by atoms with E-state index in [-0.39, 0.29) is 25.7 Å². The summed E-state index contributed by atoms with van der Waals surface area (Å²) in [6.07, 6.45) is 54.2. The van der Waals surface area contributed by atoms with Crippen LogP contribution in [0.3, 0.4) is 0 Å². The predicted molar refractivity (Wildman–Crippen MR) is 381 cm³/mol. The number of phosphoric ester groups is 2. The summed E-state index contributed by atoms with van der Waals surface area (Å²) in [4.78, 5) is 72.7. The molecule has 0 spiro atoms. The van der Waals surface area contributed by atoms with Gasteiger partial charge in [0, 0.05) is 25.7 Å². The van der Waals surface area contributed by atoms with Gasteiger partial charge in [0.1, 0.15) is 19.3 Å². The topological polar surface area (TPSA) is 237 Å². The number of rotatable bonds is 74. The van der Waals surface area contributed by atoms with E-state index in [1.165, 1.54) is 199 Å². The zero-order valence-corrected chi connectivity index (χ0v) is 63.1. The smallest absolute Gasteiger partial charge is 0.462 e. The highest BCUT2D eigenvalue weighted by atomic mass is 31.2. The standard InChI is InChI=1S/C75H146O17P2/c1-7-9-11-13-15-17-19-21-23-25-27-31-35-39-47-53-59-74(79)91-70(63-85-72(77)57-51-45-38-34-30-26-24-22-20-18-16-14-12-10-8-2)65-89-93(81,82)87-61-69(76)62-88-94(83,84)90-66-71(64-86-73(78)58-52-46-42-41-44-50-56-68(5)6)92-75(80)60-54-48-40-36-32-28-29-33-37-43-49-55-67(3)4/h67-71,76H,7-66H2,1-6H3,(H,81,82)(H,83,84)/t69-,70-,71-/m1/s1. The number of phosphoric acid groups is 2. The van der Waals surface area contributed by atoms with Gasteiger partial charge in [0.05, 0.1) is 26.4 Å². The first-order valence-electron chi connectivity index (χ1n) is 39.0. The quantitative estimate of drug-likeness (QED) is 0.0222. The van der Waals surface area contributed by atoms with Crippen molar-refractivity contribution in [2.24, 2.45) is 11.8 Å². The van der Waals surface area contributed by atoms with Gasteiger partial charge >= 0.3 is 39.5 Å². The Balaban J connectivity index is 5.24. The number of aliphatic hydroxyl groups is 1. The fourth-order valence-corrected chi connectivity index (χ4v) is 13.1. The summed E-state index contributed by atoms with van der Waals surface area (Å²) in [5.41, 5.74) is 0. The molecular formula is C75H146O17P2. The maximum absolute atomic E-state index is 13.1. The maximum Gasteiger partial charge on any atom is 0.472 e. The van der Waals surface area contributed by atoms with E-state index in [0.717, 1.165) is 102 Å². The first-order valence-corrected chi connectivity index (χ1v) is 42.0. The number of esters is 4. The van der Waals surface area contributed by atoms with Crippen LogP contribution in [0.25, 0.3) is 0 Å². The van der Waals surface area contributed by atoms with E-state index in [2.05, 4.69) is 41.5 Å². The molecule has 94 heavy (non-hydrogen) atoms. The molecule has 0 saturated carbocycles. The highest BCUT2D eigenvalue weighted by Gasteiger charge is 2.30. The van der Waals surface area contributed by atoms with Gasteiger partial charge in [0.15, 0.2) is 12.2 Å². The van der Waals surface area contributed by atoms with Crippen LogP contribution in [0.4, 0.5) is 0 Å². The molecule has 0 rings (SSSR count). The fraction of sp³-hybridized carbons (Fsp3) is 0.947. The van der Waals surface area contributed by atoms with Crippen LogP contribution in [0, 0.1) is 11.8 Å². The van der Waals surface area contributed by atoms with Crippen LogP contribution < -0.4 is 0 Å². The normalized spacial score (nSPS) is 14.0. The molecule has 0 radical (unpaired) electrons. The van der Waals surface area contributed by atoms with Crippen LogP contribution in [-0.4, -0.2) is 96.7 Å². The summed E-state index contributed by atoms with van der Waals surface area (Å²) in [7, 11) is -9.91. The van der Waals surface area contributed by atoms with Crippen LogP contribution in [0.5, 0.6) is 0 Å². The molecule has 17 nitrogen and oxygen atoms in total. The number of hydrogen-bond acceptors (Lipinski definition) is 15. The minimum absolute atomic E-state index is 0.106. The number of ether oxygens (including phenoxy) is 4. The molecule has 3 N–H and O–H groups in total. The fourth-order valence-electron chi connectivity index (χ4n) is 11.5. The lowest BCUT2D eigenvalue weighted by molar-refractivity contribution is -0.161. The van der Waals surface area contributed by atoms with Crippen molar-refractivity contribution in [2.45, 2.75) is 407 Å². The van der Waals surface area contributed by atoms with Crippen molar-refractivity contribution >= 4 is 39.5 Å². The molecule has 19 heteroatoms. The summed E-state index contributed by atoms with van der Waals surface area (Å²) in [5.74, 6) is -0.673. The Morgan fingerprint density at radius 1 is 0.287 bits per heavy atom. The number of unbranched alkanes of at least 4 members (excludes halogenated alkanes) is 44. The van der Waals surface area contributed by atoms with E-state index in [9.17, 15) is 43.2 Å². The third-order valence-corrected chi connectivity index (χ3v) is 19.4. The Morgan fingerprint density at radius 3 is 0.723 bits per heavy atom. The number of aliphatic hydroxyl groups excluding tert-OH is 1. The first kappa shape index (κ1) is 92.1. The average Bonchev–Trinajstić information content (AvgIpc) is 1.63. The van der Waals surface area contributed by atoms with E-state index >= 15 is 0 Å². The largest absolute Gasteiger partial charge is 0.472 e.